The number of amides is 1. The molecule has 0 unspecified atom stereocenters. The van der Waals surface area contributed by atoms with Gasteiger partial charge in [-0.2, -0.15) is 5.10 Å². The van der Waals surface area contributed by atoms with Crippen molar-refractivity contribution in [2.75, 3.05) is 18.4 Å². The van der Waals surface area contributed by atoms with E-state index in [4.69, 9.17) is 5.73 Å². The molecule has 2 aromatic heterocycles. The van der Waals surface area contributed by atoms with Crippen LogP contribution in [0.4, 0.5) is 11.6 Å². The highest BCUT2D eigenvalue weighted by Crippen LogP contribution is 2.27. The van der Waals surface area contributed by atoms with Gasteiger partial charge in [0.15, 0.2) is 0 Å². The molecule has 0 aliphatic heterocycles. The molecule has 2 aromatic carbocycles. The van der Waals surface area contributed by atoms with E-state index in [9.17, 15) is 4.79 Å². The molecule has 2 heterocycles. The molecule has 0 atom stereocenters. The van der Waals surface area contributed by atoms with Crippen molar-refractivity contribution in [3.8, 4) is 11.1 Å². The van der Waals surface area contributed by atoms with Gasteiger partial charge in [0, 0.05) is 59.2 Å². The number of hydrogen-bond donors (Lipinski definition) is 3. The van der Waals surface area contributed by atoms with Crippen molar-refractivity contribution in [1.82, 2.24) is 25.1 Å². The zero-order valence-corrected chi connectivity index (χ0v) is 17.8. The molecule has 9 heteroatoms. The molecule has 4 aromatic rings. The van der Waals surface area contributed by atoms with Gasteiger partial charge in [0.05, 0.1) is 11.7 Å². The van der Waals surface area contributed by atoms with Crippen molar-refractivity contribution in [2.45, 2.75) is 0 Å². The predicted molar refractivity (Wildman–Crippen MR) is 121 cm³/mol. The molecule has 30 heavy (non-hydrogen) atoms. The highest BCUT2D eigenvalue weighted by atomic mass is 79.9. The van der Waals surface area contributed by atoms with Gasteiger partial charge in [-0.3, -0.25) is 9.48 Å². The minimum Gasteiger partial charge on any atom is -0.351 e. The molecular formula is C21H20BrN7O. The second-order valence-electron chi connectivity index (χ2n) is 6.77. The Morgan fingerprint density at radius 1 is 1.17 bits per heavy atom. The molecule has 0 saturated carbocycles. The molecule has 0 radical (unpaired) electrons. The smallest absolute Gasteiger partial charge is 0.251 e. The Balaban J connectivity index is 1.70. The van der Waals surface area contributed by atoms with Crippen molar-refractivity contribution in [1.29, 1.82) is 0 Å². The number of nitrogens with one attached hydrogen (secondary N) is 2. The topological polar surface area (TPSA) is 111 Å². The first kappa shape index (κ1) is 20.0. The fraction of sp³-hybridized carbons (Fsp3) is 0.143. The molecule has 0 aliphatic rings. The number of rotatable bonds is 6. The normalized spacial score (nSPS) is 10.9. The summed E-state index contributed by atoms with van der Waals surface area (Å²) in [7, 11) is 1.85. The molecule has 152 valence electrons. The van der Waals surface area contributed by atoms with E-state index in [-0.39, 0.29) is 5.91 Å². The molecule has 0 spiro atoms. The maximum Gasteiger partial charge on any atom is 0.251 e. The van der Waals surface area contributed by atoms with E-state index in [0.717, 1.165) is 26.5 Å². The third-order valence-corrected chi connectivity index (χ3v) is 4.95. The average molecular weight is 466 g/mol. The minimum absolute atomic E-state index is 0.196. The molecule has 0 aliphatic carbocycles. The van der Waals surface area contributed by atoms with Gasteiger partial charge in [0.1, 0.15) is 0 Å². The molecule has 4 rings (SSSR count). The number of nitrogens with zero attached hydrogens (tertiary/aromatic N) is 4. The van der Waals surface area contributed by atoms with Gasteiger partial charge in [0.25, 0.3) is 5.91 Å². The molecule has 1 amide bonds. The van der Waals surface area contributed by atoms with Crippen LogP contribution in [-0.4, -0.2) is 38.7 Å². The lowest BCUT2D eigenvalue weighted by Crippen LogP contribution is -2.29. The van der Waals surface area contributed by atoms with Crippen molar-refractivity contribution in [3.63, 3.8) is 0 Å². The zero-order chi connectivity index (χ0) is 21.1. The number of carbonyl (C=O) groups is 1. The monoisotopic (exact) mass is 465 g/mol. The second kappa shape index (κ2) is 8.60. The molecule has 0 fully saturated rings. The first-order chi connectivity index (χ1) is 14.5. The lowest BCUT2D eigenvalue weighted by molar-refractivity contribution is 0.0955. The van der Waals surface area contributed by atoms with E-state index in [2.05, 4.69) is 41.6 Å². The molecule has 0 saturated heterocycles. The van der Waals surface area contributed by atoms with E-state index in [1.165, 1.54) is 0 Å². The highest BCUT2D eigenvalue weighted by molar-refractivity contribution is 9.10. The average Bonchev–Trinajstić information content (AvgIpc) is 3.18. The van der Waals surface area contributed by atoms with Gasteiger partial charge >= 0.3 is 0 Å². The number of halogens is 1. The Morgan fingerprint density at radius 3 is 2.80 bits per heavy atom. The van der Waals surface area contributed by atoms with Crippen molar-refractivity contribution < 1.29 is 4.79 Å². The van der Waals surface area contributed by atoms with Crippen LogP contribution in [0.2, 0.25) is 0 Å². The van der Waals surface area contributed by atoms with Gasteiger partial charge in [-0.25, -0.2) is 9.97 Å². The number of aryl methyl sites for hydroxylation is 1. The fourth-order valence-electron chi connectivity index (χ4n) is 3.05. The summed E-state index contributed by atoms with van der Waals surface area (Å²) in [6, 6.07) is 11.3. The SMILES string of the molecule is Cn1cc(-c2cc(Nc3ncc4cc(Br)ccc4n3)cc(C(=O)NCCN)c2)cn1. The summed E-state index contributed by atoms with van der Waals surface area (Å²) in [5.41, 5.74) is 9.30. The van der Waals surface area contributed by atoms with Crippen LogP contribution < -0.4 is 16.4 Å². The zero-order valence-electron chi connectivity index (χ0n) is 16.3. The third-order valence-electron chi connectivity index (χ3n) is 4.46. The van der Waals surface area contributed by atoms with Crippen molar-refractivity contribution in [2.24, 2.45) is 12.8 Å². The van der Waals surface area contributed by atoms with Crippen LogP contribution in [0.5, 0.6) is 0 Å². The summed E-state index contributed by atoms with van der Waals surface area (Å²) in [6.07, 6.45) is 5.41. The number of nitrogens with two attached hydrogens (primary N) is 1. The molecule has 4 N–H and O–H groups in total. The van der Waals surface area contributed by atoms with E-state index in [1.54, 1.807) is 23.1 Å². The summed E-state index contributed by atoms with van der Waals surface area (Å²) in [4.78, 5) is 21.5. The number of hydrogen-bond acceptors (Lipinski definition) is 6. The second-order valence-corrected chi connectivity index (χ2v) is 7.68. The van der Waals surface area contributed by atoms with E-state index in [1.807, 2.05) is 43.6 Å². The number of benzene rings is 2. The summed E-state index contributed by atoms with van der Waals surface area (Å²) in [5.74, 6) is 0.250. The Labute approximate surface area is 181 Å². The number of fused-ring (bicyclic) bond motifs is 1. The van der Waals surface area contributed by atoms with E-state index < -0.39 is 0 Å². The predicted octanol–water partition coefficient (Wildman–Crippen LogP) is 3.22. The fourth-order valence-corrected chi connectivity index (χ4v) is 3.43. The summed E-state index contributed by atoms with van der Waals surface area (Å²) in [6.45, 7) is 0.780. The van der Waals surface area contributed by atoms with Gasteiger partial charge in [-0.05, 0) is 42.0 Å². The highest BCUT2D eigenvalue weighted by Gasteiger charge is 2.12. The Hall–Kier alpha value is -3.30. The number of anilines is 2. The third kappa shape index (κ3) is 4.47. The number of aromatic nitrogens is 4. The lowest BCUT2D eigenvalue weighted by atomic mass is 10.0. The van der Waals surface area contributed by atoms with Gasteiger partial charge in [0.2, 0.25) is 5.95 Å². The van der Waals surface area contributed by atoms with Crippen molar-refractivity contribution in [3.05, 3.63) is 65.0 Å². The Kier molecular flexibility index (Phi) is 5.73. The minimum atomic E-state index is -0.196. The van der Waals surface area contributed by atoms with Gasteiger partial charge in [-0.15, -0.1) is 0 Å². The molecular weight excluding hydrogens is 446 g/mol. The van der Waals surface area contributed by atoms with Gasteiger partial charge in [-0.1, -0.05) is 15.9 Å². The van der Waals surface area contributed by atoms with Gasteiger partial charge < -0.3 is 16.4 Å². The molecule has 0 bridgehead atoms. The molecule has 8 nitrogen and oxygen atoms in total. The van der Waals surface area contributed by atoms with Crippen LogP contribution >= 0.6 is 15.9 Å². The van der Waals surface area contributed by atoms with Crippen LogP contribution in [0.1, 0.15) is 10.4 Å². The first-order valence-corrected chi connectivity index (χ1v) is 10.1. The lowest BCUT2D eigenvalue weighted by Gasteiger charge is -2.11. The first-order valence-electron chi connectivity index (χ1n) is 9.33. The largest absolute Gasteiger partial charge is 0.351 e. The Morgan fingerprint density at radius 2 is 2.03 bits per heavy atom. The van der Waals surface area contributed by atoms with Crippen LogP contribution in [-0.2, 0) is 7.05 Å². The van der Waals surface area contributed by atoms with E-state index in [0.29, 0.717) is 30.3 Å². The standard InChI is InChI=1S/C21H20BrN7O/c1-29-12-16(11-26-29)13-6-14(20(30)24-5-4-23)9-18(8-13)27-21-25-10-15-7-17(22)2-3-19(15)28-21/h2-3,6-12H,4-5,23H2,1H3,(H,24,30)(H,25,27,28). The van der Waals surface area contributed by atoms with Crippen LogP contribution in [0.25, 0.3) is 22.0 Å². The maximum absolute atomic E-state index is 12.6. The Bertz CT molecular complexity index is 1220. The van der Waals surface area contributed by atoms with Crippen molar-refractivity contribution >= 4 is 44.4 Å². The summed E-state index contributed by atoms with van der Waals surface area (Å²) < 4.78 is 2.69. The quantitative estimate of drug-likeness (QED) is 0.403. The van der Waals surface area contributed by atoms with Crippen LogP contribution in [0.15, 0.2) is 59.5 Å². The van der Waals surface area contributed by atoms with Crippen LogP contribution in [0.3, 0.4) is 0 Å². The maximum atomic E-state index is 12.6. The number of carbonyl (C=O) groups excluding carboxylic acids is 1. The summed E-state index contributed by atoms with van der Waals surface area (Å²) >= 11 is 3.45. The summed E-state index contributed by atoms with van der Waals surface area (Å²) in [5, 5.41) is 11.2. The van der Waals surface area contributed by atoms with Crippen LogP contribution in [0, 0.1) is 0 Å². The van der Waals surface area contributed by atoms with E-state index >= 15 is 0 Å².